The van der Waals surface area contributed by atoms with E-state index in [1.54, 1.807) is 24.1 Å². The highest BCUT2D eigenvalue weighted by Crippen LogP contribution is 2.28. The number of carbonyl (C=O) groups excluding carboxylic acids is 1. The Hall–Kier alpha value is -3.61. The summed E-state index contributed by atoms with van der Waals surface area (Å²) in [5.41, 5.74) is 6.16. The maximum Gasteiger partial charge on any atom is 0.261 e. The number of methoxy groups -OCH3 is 1. The lowest BCUT2D eigenvalue weighted by atomic mass is 10.2. The Bertz CT molecular complexity index is 997. The SMILES string of the molecule is COc1ccc(/C=N\NC(=O)Cn2nc(C)cc2C)cc1OCc1ccccc1. The van der Waals surface area contributed by atoms with Crippen molar-refractivity contribution in [3.63, 3.8) is 0 Å². The van der Waals surface area contributed by atoms with Gasteiger partial charge in [0.25, 0.3) is 5.91 Å². The van der Waals surface area contributed by atoms with Crippen LogP contribution in [0.15, 0.2) is 59.7 Å². The molecule has 0 saturated carbocycles. The lowest BCUT2D eigenvalue weighted by Crippen LogP contribution is -2.24. The third-order valence-electron chi connectivity index (χ3n) is 4.22. The molecular formula is C22H24N4O3. The first-order valence-electron chi connectivity index (χ1n) is 9.23. The van der Waals surface area contributed by atoms with E-state index in [-0.39, 0.29) is 12.5 Å². The quantitative estimate of drug-likeness (QED) is 0.472. The fourth-order valence-corrected chi connectivity index (χ4v) is 2.81. The molecule has 150 valence electrons. The van der Waals surface area contributed by atoms with Crippen LogP contribution in [0.4, 0.5) is 0 Å². The van der Waals surface area contributed by atoms with E-state index in [4.69, 9.17) is 9.47 Å². The highest BCUT2D eigenvalue weighted by molar-refractivity contribution is 5.83. The minimum atomic E-state index is -0.249. The number of rotatable bonds is 8. The maximum atomic E-state index is 12.1. The minimum Gasteiger partial charge on any atom is -0.493 e. The van der Waals surface area contributed by atoms with Crippen LogP contribution in [0.3, 0.4) is 0 Å². The van der Waals surface area contributed by atoms with Crippen molar-refractivity contribution >= 4 is 12.1 Å². The van der Waals surface area contributed by atoms with Crippen LogP contribution in [-0.2, 0) is 17.9 Å². The molecular weight excluding hydrogens is 368 g/mol. The molecule has 0 aliphatic rings. The molecule has 0 saturated heterocycles. The van der Waals surface area contributed by atoms with E-state index in [2.05, 4.69) is 15.6 Å². The zero-order chi connectivity index (χ0) is 20.6. The summed E-state index contributed by atoms with van der Waals surface area (Å²) < 4.78 is 12.9. The number of aryl methyl sites for hydroxylation is 2. The first kappa shape index (κ1) is 20.1. The molecule has 3 aromatic rings. The largest absolute Gasteiger partial charge is 0.493 e. The van der Waals surface area contributed by atoms with E-state index in [0.29, 0.717) is 18.1 Å². The monoisotopic (exact) mass is 392 g/mol. The van der Waals surface area contributed by atoms with Gasteiger partial charge in [-0.1, -0.05) is 30.3 Å². The second-order valence-electron chi connectivity index (χ2n) is 6.56. The van der Waals surface area contributed by atoms with Crippen LogP contribution in [0, 0.1) is 13.8 Å². The van der Waals surface area contributed by atoms with Crippen LogP contribution in [0.5, 0.6) is 11.5 Å². The van der Waals surface area contributed by atoms with Gasteiger partial charge in [0.05, 0.1) is 19.0 Å². The average Bonchev–Trinajstić information content (AvgIpc) is 3.04. The van der Waals surface area contributed by atoms with Crippen LogP contribution in [0.25, 0.3) is 0 Å². The predicted molar refractivity (Wildman–Crippen MR) is 111 cm³/mol. The summed E-state index contributed by atoms with van der Waals surface area (Å²) in [7, 11) is 1.59. The lowest BCUT2D eigenvalue weighted by molar-refractivity contribution is -0.121. The van der Waals surface area contributed by atoms with E-state index in [1.165, 1.54) is 0 Å². The van der Waals surface area contributed by atoms with Gasteiger partial charge in [0, 0.05) is 5.69 Å². The normalized spacial score (nSPS) is 10.9. The van der Waals surface area contributed by atoms with Gasteiger partial charge in [0.15, 0.2) is 11.5 Å². The number of ether oxygens (including phenoxy) is 2. The lowest BCUT2D eigenvalue weighted by Gasteiger charge is -2.11. The number of amides is 1. The molecule has 0 unspecified atom stereocenters. The Morgan fingerprint density at radius 1 is 1.14 bits per heavy atom. The Labute approximate surface area is 170 Å². The molecule has 0 spiro atoms. The number of hydrazone groups is 1. The highest BCUT2D eigenvalue weighted by atomic mass is 16.5. The summed E-state index contributed by atoms with van der Waals surface area (Å²) in [6, 6.07) is 17.3. The molecule has 0 radical (unpaired) electrons. The maximum absolute atomic E-state index is 12.1. The minimum absolute atomic E-state index is 0.116. The van der Waals surface area contributed by atoms with E-state index in [1.807, 2.05) is 62.4 Å². The molecule has 1 N–H and O–H groups in total. The van der Waals surface area contributed by atoms with Crippen LogP contribution >= 0.6 is 0 Å². The Morgan fingerprint density at radius 2 is 1.93 bits per heavy atom. The van der Waals surface area contributed by atoms with E-state index < -0.39 is 0 Å². The van der Waals surface area contributed by atoms with Crippen LogP contribution in [-0.4, -0.2) is 29.0 Å². The van der Waals surface area contributed by atoms with Crippen molar-refractivity contribution in [1.82, 2.24) is 15.2 Å². The van der Waals surface area contributed by atoms with Gasteiger partial charge < -0.3 is 9.47 Å². The van der Waals surface area contributed by atoms with Crippen molar-refractivity contribution in [2.75, 3.05) is 7.11 Å². The molecule has 3 rings (SSSR count). The van der Waals surface area contributed by atoms with Gasteiger partial charge in [-0.15, -0.1) is 0 Å². The van der Waals surface area contributed by atoms with Gasteiger partial charge in [-0.05, 0) is 49.2 Å². The number of aromatic nitrogens is 2. The second-order valence-corrected chi connectivity index (χ2v) is 6.56. The predicted octanol–water partition coefficient (Wildman–Crippen LogP) is 3.24. The third kappa shape index (κ3) is 5.68. The molecule has 2 aromatic carbocycles. The van der Waals surface area contributed by atoms with Crippen molar-refractivity contribution in [3.8, 4) is 11.5 Å². The van der Waals surface area contributed by atoms with Gasteiger partial charge in [0.1, 0.15) is 13.2 Å². The fourth-order valence-electron chi connectivity index (χ4n) is 2.81. The van der Waals surface area contributed by atoms with E-state index >= 15 is 0 Å². The van der Waals surface area contributed by atoms with Crippen LogP contribution in [0.1, 0.15) is 22.5 Å². The summed E-state index contributed by atoms with van der Waals surface area (Å²) in [6.07, 6.45) is 1.56. The van der Waals surface area contributed by atoms with Gasteiger partial charge in [-0.3, -0.25) is 9.48 Å². The molecule has 0 fully saturated rings. The second kappa shape index (κ2) is 9.54. The zero-order valence-corrected chi connectivity index (χ0v) is 16.8. The number of hydrogen-bond donors (Lipinski definition) is 1. The van der Waals surface area contributed by atoms with Crippen molar-refractivity contribution < 1.29 is 14.3 Å². The zero-order valence-electron chi connectivity index (χ0n) is 16.8. The topological polar surface area (TPSA) is 77.7 Å². The number of nitrogens with one attached hydrogen (secondary N) is 1. The first-order valence-corrected chi connectivity index (χ1v) is 9.23. The Morgan fingerprint density at radius 3 is 2.62 bits per heavy atom. The number of carbonyl (C=O) groups is 1. The molecule has 0 bridgehead atoms. The summed E-state index contributed by atoms with van der Waals surface area (Å²) >= 11 is 0. The molecule has 0 aliphatic carbocycles. The number of nitrogens with zero attached hydrogens (tertiary/aromatic N) is 3. The number of hydrogen-bond acceptors (Lipinski definition) is 5. The van der Waals surface area contributed by atoms with Crippen molar-refractivity contribution in [2.24, 2.45) is 5.10 Å². The number of benzene rings is 2. The smallest absolute Gasteiger partial charge is 0.261 e. The standard InChI is InChI=1S/C22H24N4O3/c1-16-11-17(2)26(25-16)14-22(27)24-23-13-19-9-10-20(28-3)21(12-19)29-15-18-7-5-4-6-8-18/h4-13H,14-15H2,1-3H3,(H,24,27)/b23-13-. The summed E-state index contributed by atoms with van der Waals surface area (Å²) in [4.78, 5) is 12.1. The van der Waals surface area contributed by atoms with Crippen LogP contribution < -0.4 is 14.9 Å². The third-order valence-corrected chi connectivity index (χ3v) is 4.22. The molecule has 1 heterocycles. The van der Waals surface area contributed by atoms with E-state index in [0.717, 1.165) is 22.5 Å². The van der Waals surface area contributed by atoms with Gasteiger partial charge in [-0.25, -0.2) is 5.43 Å². The molecule has 0 atom stereocenters. The van der Waals surface area contributed by atoms with Gasteiger partial charge >= 0.3 is 0 Å². The average molecular weight is 392 g/mol. The molecule has 1 aromatic heterocycles. The van der Waals surface area contributed by atoms with Crippen molar-refractivity contribution in [3.05, 3.63) is 77.1 Å². The molecule has 7 nitrogen and oxygen atoms in total. The summed E-state index contributed by atoms with van der Waals surface area (Å²) in [6.45, 7) is 4.34. The highest BCUT2D eigenvalue weighted by Gasteiger charge is 2.07. The molecule has 7 heteroatoms. The fraction of sp³-hybridized carbons (Fsp3) is 0.227. The summed E-state index contributed by atoms with van der Waals surface area (Å²) in [5, 5.41) is 8.29. The van der Waals surface area contributed by atoms with Crippen molar-refractivity contribution in [2.45, 2.75) is 27.0 Å². The molecule has 1 amide bonds. The van der Waals surface area contributed by atoms with Gasteiger partial charge in [0.2, 0.25) is 0 Å². The molecule has 29 heavy (non-hydrogen) atoms. The molecule has 0 aliphatic heterocycles. The van der Waals surface area contributed by atoms with E-state index in [9.17, 15) is 4.79 Å². The Balaban J connectivity index is 1.61. The van der Waals surface area contributed by atoms with Crippen molar-refractivity contribution in [1.29, 1.82) is 0 Å². The first-order chi connectivity index (χ1) is 14.0. The van der Waals surface area contributed by atoms with Gasteiger partial charge in [-0.2, -0.15) is 10.2 Å². The summed E-state index contributed by atoms with van der Waals surface area (Å²) in [5.74, 6) is 0.988. The van der Waals surface area contributed by atoms with Crippen LogP contribution in [0.2, 0.25) is 0 Å². The Kier molecular flexibility index (Phi) is 6.63.